The van der Waals surface area contributed by atoms with E-state index in [4.69, 9.17) is 11.6 Å². The summed E-state index contributed by atoms with van der Waals surface area (Å²) < 4.78 is 38.7. The summed E-state index contributed by atoms with van der Waals surface area (Å²) in [6, 6.07) is 8.30. The van der Waals surface area contributed by atoms with Crippen LogP contribution >= 0.6 is 11.6 Å². The van der Waals surface area contributed by atoms with E-state index in [1.165, 1.54) is 0 Å². The number of hydrogen-bond acceptors (Lipinski definition) is 3. The molecule has 0 radical (unpaired) electrons. The highest BCUT2D eigenvalue weighted by atomic mass is 35.5. The molecule has 2 aromatic rings. The molecular weight excluding hydrogens is 457 g/mol. The normalized spacial score (nSPS) is 15.2. The Morgan fingerprint density at radius 1 is 1.03 bits per heavy atom. The summed E-state index contributed by atoms with van der Waals surface area (Å²) in [6.07, 6.45) is -3.22. The first-order chi connectivity index (χ1) is 15.5. The van der Waals surface area contributed by atoms with Crippen molar-refractivity contribution in [3.63, 3.8) is 0 Å². The third kappa shape index (κ3) is 7.36. The number of carbonyl (C=O) groups is 2. The van der Waals surface area contributed by atoms with Gasteiger partial charge in [0.1, 0.15) is 0 Å². The van der Waals surface area contributed by atoms with Gasteiger partial charge < -0.3 is 16.0 Å². The highest BCUT2D eigenvalue weighted by Crippen LogP contribution is 2.33. The number of benzene rings is 2. The lowest BCUT2D eigenvalue weighted by atomic mass is 10.1. The van der Waals surface area contributed by atoms with Gasteiger partial charge in [0.25, 0.3) is 0 Å². The first-order valence-corrected chi connectivity index (χ1v) is 10.9. The minimum Gasteiger partial charge on any atom is -0.335 e. The van der Waals surface area contributed by atoms with E-state index >= 15 is 0 Å². The Balaban J connectivity index is 1.45. The SMILES string of the molecule is Cc1cc(C)cc(NC(=O)NC2CCN(CC(=O)Nc3cc(C(F)(F)F)ccc3Cl)CC2)c1. The van der Waals surface area contributed by atoms with Crippen molar-refractivity contribution >= 4 is 34.9 Å². The highest BCUT2D eigenvalue weighted by Gasteiger charge is 2.31. The van der Waals surface area contributed by atoms with Crippen molar-refractivity contribution in [3.8, 4) is 0 Å². The lowest BCUT2D eigenvalue weighted by Crippen LogP contribution is -2.47. The molecule has 0 atom stereocenters. The van der Waals surface area contributed by atoms with Crippen LogP contribution in [0.2, 0.25) is 5.02 Å². The molecule has 3 N–H and O–H groups in total. The van der Waals surface area contributed by atoms with Crippen LogP contribution in [-0.4, -0.2) is 42.5 Å². The molecule has 0 spiro atoms. The van der Waals surface area contributed by atoms with Gasteiger partial charge in [-0.1, -0.05) is 17.7 Å². The summed E-state index contributed by atoms with van der Waals surface area (Å²) in [5.74, 6) is -0.449. The van der Waals surface area contributed by atoms with E-state index < -0.39 is 17.6 Å². The molecule has 1 heterocycles. The Morgan fingerprint density at radius 3 is 2.27 bits per heavy atom. The maximum absolute atomic E-state index is 12.9. The summed E-state index contributed by atoms with van der Waals surface area (Å²) in [7, 11) is 0. The second-order valence-electron chi connectivity index (χ2n) is 8.27. The molecule has 0 saturated carbocycles. The van der Waals surface area contributed by atoms with Crippen molar-refractivity contribution in [1.29, 1.82) is 0 Å². The smallest absolute Gasteiger partial charge is 0.335 e. The van der Waals surface area contributed by atoms with Crippen molar-refractivity contribution in [3.05, 3.63) is 58.1 Å². The molecule has 1 aliphatic rings. The van der Waals surface area contributed by atoms with Gasteiger partial charge >= 0.3 is 12.2 Å². The number of alkyl halides is 3. The Bertz CT molecular complexity index is 1000. The van der Waals surface area contributed by atoms with Gasteiger partial charge in [-0.2, -0.15) is 13.2 Å². The van der Waals surface area contributed by atoms with Crippen LogP contribution in [0, 0.1) is 13.8 Å². The van der Waals surface area contributed by atoms with Gasteiger partial charge in [-0.3, -0.25) is 9.69 Å². The molecule has 33 heavy (non-hydrogen) atoms. The lowest BCUT2D eigenvalue weighted by Gasteiger charge is -2.31. The fourth-order valence-electron chi connectivity index (χ4n) is 3.83. The van der Waals surface area contributed by atoms with Crippen LogP contribution in [0.25, 0.3) is 0 Å². The van der Waals surface area contributed by atoms with E-state index in [-0.39, 0.29) is 29.3 Å². The molecule has 0 bridgehead atoms. The van der Waals surface area contributed by atoms with Crippen molar-refractivity contribution in [2.45, 2.75) is 38.9 Å². The average Bonchev–Trinajstić information content (AvgIpc) is 2.69. The summed E-state index contributed by atoms with van der Waals surface area (Å²) in [6.45, 7) is 5.08. The van der Waals surface area contributed by atoms with Gasteiger partial charge in [0.15, 0.2) is 0 Å². The number of halogens is 4. The van der Waals surface area contributed by atoms with Crippen LogP contribution in [0.5, 0.6) is 0 Å². The molecule has 3 rings (SSSR count). The number of carbonyl (C=O) groups excluding carboxylic acids is 2. The van der Waals surface area contributed by atoms with Crippen molar-refractivity contribution < 1.29 is 22.8 Å². The fourth-order valence-corrected chi connectivity index (χ4v) is 3.99. The molecule has 0 unspecified atom stereocenters. The van der Waals surface area contributed by atoms with Crippen LogP contribution in [-0.2, 0) is 11.0 Å². The van der Waals surface area contributed by atoms with Gasteiger partial charge in [-0.25, -0.2) is 4.79 Å². The molecule has 1 aliphatic heterocycles. The minimum absolute atomic E-state index is 0.0219. The van der Waals surface area contributed by atoms with Crippen molar-refractivity contribution in [2.75, 3.05) is 30.3 Å². The van der Waals surface area contributed by atoms with Crippen molar-refractivity contribution in [1.82, 2.24) is 10.2 Å². The van der Waals surface area contributed by atoms with E-state index in [1.54, 1.807) is 0 Å². The Labute approximate surface area is 195 Å². The third-order valence-electron chi connectivity index (χ3n) is 5.34. The fraction of sp³-hybridized carbons (Fsp3) is 0.391. The average molecular weight is 483 g/mol. The molecule has 1 fully saturated rings. The zero-order valence-corrected chi connectivity index (χ0v) is 19.1. The van der Waals surface area contributed by atoms with Gasteiger partial charge in [-0.15, -0.1) is 0 Å². The van der Waals surface area contributed by atoms with Crippen LogP contribution in [0.15, 0.2) is 36.4 Å². The maximum atomic E-state index is 12.9. The molecular formula is C23H26ClF3N4O2. The molecule has 1 saturated heterocycles. The van der Waals surface area contributed by atoms with E-state index in [9.17, 15) is 22.8 Å². The molecule has 6 nitrogen and oxygen atoms in total. The van der Waals surface area contributed by atoms with Gasteiger partial charge in [0.05, 0.1) is 22.8 Å². The molecule has 178 valence electrons. The molecule has 3 amide bonds. The number of amides is 3. The number of hydrogen-bond donors (Lipinski definition) is 3. The van der Waals surface area contributed by atoms with Gasteiger partial charge in [-0.05, 0) is 68.1 Å². The monoisotopic (exact) mass is 482 g/mol. The summed E-state index contributed by atoms with van der Waals surface area (Å²) >= 11 is 5.93. The van der Waals surface area contributed by atoms with Crippen LogP contribution in [0.4, 0.5) is 29.3 Å². The Morgan fingerprint density at radius 2 is 1.67 bits per heavy atom. The first-order valence-electron chi connectivity index (χ1n) is 10.5. The number of nitrogens with one attached hydrogen (secondary N) is 3. The topological polar surface area (TPSA) is 73.5 Å². The predicted molar refractivity (Wildman–Crippen MR) is 123 cm³/mol. The zero-order valence-electron chi connectivity index (χ0n) is 18.4. The summed E-state index contributed by atoms with van der Waals surface area (Å²) in [4.78, 5) is 26.5. The number of nitrogens with zero attached hydrogens (tertiary/aromatic N) is 1. The predicted octanol–water partition coefficient (Wildman–Crippen LogP) is 5.20. The molecule has 0 aromatic heterocycles. The number of anilines is 2. The van der Waals surface area contributed by atoms with E-state index in [1.807, 2.05) is 36.9 Å². The standard InChI is InChI=1S/C23H26ClF3N4O2/c1-14-9-15(2)11-18(10-14)29-22(33)28-17-5-7-31(8-6-17)13-21(32)30-20-12-16(23(25,26)27)3-4-19(20)24/h3-4,9-12,17H,5-8,13H2,1-2H3,(H,30,32)(H2,28,29,33). The molecule has 10 heteroatoms. The number of rotatable bonds is 5. The molecule has 2 aromatic carbocycles. The van der Waals surface area contributed by atoms with Crippen LogP contribution < -0.4 is 16.0 Å². The summed E-state index contributed by atoms with van der Waals surface area (Å²) in [5.41, 5.74) is 1.89. The number of urea groups is 1. The zero-order chi connectivity index (χ0) is 24.2. The van der Waals surface area contributed by atoms with Gasteiger partial charge in [0.2, 0.25) is 5.91 Å². The maximum Gasteiger partial charge on any atom is 0.416 e. The lowest BCUT2D eigenvalue weighted by molar-refractivity contribution is -0.137. The second-order valence-corrected chi connectivity index (χ2v) is 8.67. The first kappa shape index (κ1) is 24.9. The van der Waals surface area contributed by atoms with Gasteiger partial charge in [0, 0.05) is 24.8 Å². The highest BCUT2D eigenvalue weighted by molar-refractivity contribution is 6.33. The largest absolute Gasteiger partial charge is 0.416 e. The number of likely N-dealkylation sites (tertiary alicyclic amines) is 1. The van der Waals surface area contributed by atoms with Crippen LogP contribution in [0.3, 0.4) is 0 Å². The minimum atomic E-state index is -4.52. The van der Waals surface area contributed by atoms with Crippen molar-refractivity contribution in [2.24, 2.45) is 0 Å². The van der Waals surface area contributed by atoms with E-state index in [0.29, 0.717) is 25.9 Å². The summed E-state index contributed by atoms with van der Waals surface area (Å²) in [5, 5.41) is 8.28. The molecule has 0 aliphatic carbocycles. The quantitative estimate of drug-likeness (QED) is 0.548. The van der Waals surface area contributed by atoms with E-state index in [2.05, 4.69) is 16.0 Å². The Hall–Kier alpha value is -2.78. The second kappa shape index (κ2) is 10.4. The Kier molecular flexibility index (Phi) is 7.86. The number of piperidine rings is 1. The van der Waals surface area contributed by atoms with E-state index in [0.717, 1.165) is 35.0 Å². The third-order valence-corrected chi connectivity index (χ3v) is 5.67. The van der Waals surface area contributed by atoms with Crippen LogP contribution in [0.1, 0.15) is 29.5 Å². The number of aryl methyl sites for hydroxylation is 2.